The van der Waals surface area contributed by atoms with Crippen LogP contribution in [0.2, 0.25) is 0 Å². The number of rotatable bonds is 3. The number of aromatic nitrogens is 2. The molecule has 148 valence electrons. The number of carbonyl (C=O) groups excluding carboxylic acids is 1. The maximum Gasteiger partial charge on any atom is 0.312 e. The number of aryl methyl sites for hydroxylation is 1. The highest BCUT2D eigenvalue weighted by molar-refractivity contribution is 5.85. The molecule has 0 bridgehead atoms. The van der Waals surface area contributed by atoms with Crippen molar-refractivity contribution in [1.29, 1.82) is 0 Å². The molecule has 3 fully saturated rings. The minimum atomic E-state index is -0.221. The summed E-state index contributed by atoms with van der Waals surface area (Å²) < 4.78 is 10.5. The molecular weight excluding hydrogens is 381 g/mol. The first-order chi connectivity index (χ1) is 11.7. The molecule has 1 atom stereocenters. The number of esters is 1. The maximum atomic E-state index is 12.3. The quantitative estimate of drug-likeness (QED) is 0.743. The van der Waals surface area contributed by atoms with Gasteiger partial charge in [-0.1, -0.05) is 5.16 Å². The standard InChI is InChI=1S/C16H25N5O3.2ClH/c1-12-14(19-24-18-12)21-8-6-20(7-9-21)11-13-10-16(15(22)23-13)2-4-17-5-3-16;;/h13,17H,2-11H2,1H3;2*1H. The van der Waals surface area contributed by atoms with E-state index < -0.39 is 0 Å². The highest BCUT2D eigenvalue weighted by Gasteiger charge is 2.49. The molecule has 8 nitrogen and oxygen atoms in total. The van der Waals surface area contributed by atoms with Crippen LogP contribution in [0.3, 0.4) is 0 Å². The fourth-order valence-electron chi connectivity index (χ4n) is 4.20. The molecule has 0 aromatic carbocycles. The molecule has 1 aromatic rings. The first-order valence-electron chi connectivity index (χ1n) is 8.85. The molecule has 0 amide bonds. The smallest absolute Gasteiger partial charge is 0.312 e. The summed E-state index contributed by atoms with van der Waals surface area (Å²) in [6, 6.07) is 0. The first kappa shape index (κ1) is 21.2. The summed E-state index contributed by atoms with van der Waals surface area (Å²) in [6.45, 7) is 8.26. The van der Waals surface area contributed by atoms with Crippen molar-refractivity contribution in [3.05, 3.63) is 5.69 Å². The summed E-state index contributed by atoms with van der Waals surface area (Å²) in [5, 5.41) is 11.2. The summed E-state index contributed by atoms with van der Waals surface area (Å²) in [4.78, 5) is 16.9. The van der Waals surface area contributed by atoms with Crippen LogP contribution in [0.25, 0.3) is 0 Å². The van der Waals surface area contributed by atoms with Gasteiger partial charge in [0, 0.05) is 39.1 Å². The Bertz CT molecular complexity index is 600. The predicted molar refractivity (Wildman–Crippen MR) is 101 cm³/mol. The van der Waals surface area contributed by atoms with Crippen LogP contribution in [0.5, 0.6) is 0 Å². The van der Waals surface area contributed by atoms with E-state index in [4.69, 9.17) is 9.37 Å². The number of ether oxygens (including phenoxy) is 1. The zero-order valence-corrected chi connectivity index (χ0v) is 16.6. The average molecular weight is 408 g/mol. The van der Waals surface area contributed by atoms with Gasteiger partial charge in [0.05, 0.1) is 5.41 Å². The van der Waals surface area contributed by atoms with Gasteiger partial charge in [0.2, 0.25) is 0 Å². The summed E-state index contributed by atoms with van der Waals surface area (Å²) >= 11 is 0. The topological polar surface area (TPSA) is 83.7 Å². The number of nitrogens with one attached hydrogen (secondary N) is 1. The number of nitrogens with zero attached hydrogens (tertiary/aromatic N) is 4. The van der Waals surface area contributed by atoms with Crippen LogP contribution in [0.15, 0.2) is 4.63 Å². The van der Waals surface area contributed by atoms with E-state index in [1.54, 1.807) is 0 Å². The number of carbonyl (C=O) groups is 1. The van der Waals surface area contributed by atoms with Crippen LogP contribution < -0.4 is 10.2 Å². The van der Waals surface area contributed by atoms with Crippen LogP contribution in [-0.2, 0) is 9.53 Å². The molecule has 1 N–H and O–H groups in total. The van der Waals surface area contributed by atoms with Crippen molar-refractivity contribution >= 4 is 36.6 Å². The van der Waals surface area contributed by atoms with Crippen LogP contribution in [-0.4, -0.2) is 73.1 Å². The first-order valence-corrected chi connectivity index (χ1v) is 8.85. The molecule has 26 heavy (non-hydrogen) atoms. The van der Waals surface area contributed by atoms with Crippen molar-refractivity contribution in [3.63, 3.8) is 0 Å². The van der Waals surface area contributed by atoms with Crippen LogP contribution in [0.4, 0.5) is 5.82 Å². The molecule has 0 saturated carbocycles. The lowest BCUT2D eigenvalue weighted by molar-refractivity contribution is -0.150. The summed E-state index contributed by atoms with van der Waals surface area (Å²) in [6.07, 6.45) is 2.74. The van der Waals surface area contributed by atoms with Crippen molar-refractivity contribution in [2.24, 2.45) is 5.41 Å². The van der Waals surface area contributed by atoms with Crippen LogP contribution in [0.1, 0.15) is 25.0 Å². The lowest BCUT2D eigenvalue weighted by Crippen LogP contribution is -2.49. The molecule has 3 saturated heterocycles. The van der Waals surface area contributed by atoms with E-state index in [1.807, 2.05) is 6.92 Å². The van der Waals surface area contributed by atoms with E-state index >= 15 is 0 Å². The third-order valence-electron chi connectivity index (χ3n) is 5.65. The van der Waals surface area contributed by atoms with E-state index in [9.17, 15) is 4.79 Å². The summed E-state index contributed by atoms with van der Waals surface area (Å²) in [7, 11) is 0. The van der Waals surface area contributed by atoms with E-state index in [0.717, 1.165) is 76.6 Å². The summed E-state index contributed by atoms with van der Waals surface area (Å²) in [5.74, 6) is 0.868. The van der Waals surface area contributed by atoms with Gasteiger partial charge < -0.3 is 15.0 Å². The molecule has 3 aliphatic rings. The second-order valence-electron chi connectivity index (χ2n) is 7.22. The SMILES string of the molecule is Cc1nonc1N1CCN(CC2CC3(CCNCC3)C(=O)O2)CC1.Cl.Cl. The van der Waals surface area contributed by atoms with Gasteiger partial charge in [-0.25, -0.2) is 4.63 Å². The van der Waals surface area contributed by atoms with Gasteiger partial charge in [-0.05, 0) is 38.0 Å². The second kappa shape index (κ2) is 8.73. The highest BCUT2D eigenvalue weighted by Crippen LogP contribution is 2.41. The molecule has 10 heteroatoms. The molecule has 1 spiro atoms. The summed E-state index contributed by atoms with van der Waals surface area (Å²) in [5.41, 5.74) is 0.613. The fraction of sp³-hybridized carbons (Fsp3) is 0.812. The van der Waals surface area contributed by atoms with Crippen molar-refractivity contribution < 1.29 is 14.2 Å². The number of anilines is 1. The fourth-order valence-corrected chi connectivity index (χ4v) is 4.20. The largest absolute Gasteiger partial charge is 0.461 e. The zero-order valence-electron chi connectivity index (χ0n) is 15.0. The molecule has 0 radical (unpaired) electrons. The number of piperidine rings is 1. The zero-order chi connectivity index (χ0) is 16.6. The van der Waals surface area contributed by atoms with Crippen molar-refractivity contribution in [1.82, 2.24) is 20.5 Å². The number of hydrogen-bond donors (Lipinski definition) is 1. The lowest BCUT2D eigenvalue weighted by Gasteiger charge is -2.35. The Balaban J connectivity index is 0.00000121. The molecular formula is C16H27Cl2N5O3. The number of piperazine rings is 1. The Morgan fingerprint density at radius 1 is 1.15 bits per heavy atom. The highest BCUT2D eigenvalue weighted by atomic mass is 35.5. The normalized spacial score (nSPS) is 25.5. The van der Waals surface area contributed by atoms with E-state index in [-0.39, 0.29) is 42.3 Å². The third-order valence-corrected chi connectivity index (χ3v) is 5.65. The van der Waals surface area contributed by atoms with Crippen molar-refractivity contribution in [2.45, 2.75) is 32.3 Å². The molecule has 3 aliphatic heterocycles. The number of cyclic esters (lactones) is 1. The van der Waals surface area contributed by atoms with E-state index in [0.29, 0.717) is 0 Å². The van der Waals surface area contributed by atoms with Gasteiger partial charge in [0.15, 0.2) is 5.82 Å². The predicted octanol–water partition coefficient (Wildman–Crippen LogP) is 1.03. The Morgan fingerprint density at radius 3 is 2.46 bits per heavy atom. The Morgan fingerprint density at radius 2 is 1.85 bits per heavy atom. The van der Waals surface area contributed by atoms with Gasteiger partial charge >= 0.3 is 5.97 Å². The molecule has 4 rings (SSSR count). The maximum absolute atomic E-state index is 12.3. The minimum Gasteiger partial charge on any atom is -0.461 e. The monoisotopic (exact) mass is 407 g/mol. The van der Waals surface area contributed by atoms with Gasteiger partial charge in [-0.3, -0.25) is 9.69 Å². The Labute approximate surface area is 165 Å². The molecule has 4 heterocycles. The van der Waals surface area contributed by atoms with Crippen LogP contribution in [0, 0.1) is 12.3 Å². The molecule has 1 unspecified atom stereocenters. The second-order valence-corrected chi connectivity index (χ2v) is 7.22. The van der Waals surface area contributed by atoms with Crippen LogP contribution >= 0.6 is 24.8 Å². The van der Waals surface area contributed by atoms with Crippen molar-refractivity contribution in [2.75, 3.05) is 50.7 Å². The molecule has 0 aliphatic carbocycles. The van der Waals surface area contributed by atoms with E-state index in [1.165, 1.54) is 0 Å². The Kier molecular flexibility index (Phi) is 7.12. The van der Waals surface area contributed by atoms with Gasteiger partial charge in [-0.2, -0.15) is 0 Å². The van der Waals surface area contributed by atoms with Crippen molar-refractivity contribution in [3.8, 4) is 0 Å². The number of hydrogen-bond acceptors (Lipinski definition) is 8. The van der Waals surface area contributed by atoms with Gasteiger partial charge in [0.25, 0.3) is 0 Å². The van der Waals surface area contributed by atoms with Gasteiger partial charge in [0.1, 0.15) is 11.8 Å². The minimum absolute atomic E-state index is 0. The Hall–Kier alpha value is -1.09. The average Bonchev–Trinajstić information content (AvgIpc) is 3.13. The lowest BCUT2D eigenvalue weighted by atomic mass is 9.76. The third kappa shape index (κ3) is 4.08. The molecule has 1 aromatic heterocycles. The van der Waals surface area contributed by atoms with Gasteiger partial charge in [-0.15, -0.1) is 24.8 Å². The van der Waals surface area contributed by atoms with E-state index in [2.05, 4.69) is 25.4 Å². The number of halogens is 2.